The van der Waals surface area contributed by atoms with Gasteiger partial charge in [0, 0.05) is 26.8 Å². The Hall–Kier alpha value is -0.613. The summed E-state index contributed by atoms with van der Waals surface area (Å²) in [6.07, 6.45) is 1.59. The van der Waals surface area contributed by atoms with Gasteiger partial charge in [-0.3, -0.25) is 0 Å². The van der Waals surface area contributed by atoms with Crippen molar-refractivity contribution >= 4 is 13.9 Å². The van der Waals surface area contributed by atoms with Crippen LogP contribution >= 0.6 is 0 Å². The van der Waals surface area contributed by atoms with E-state index in [-0.39, 0.29) is 0 Å². The van der Waals surface area contributed by atoms with Gasteiger partial charge in [-0.2, -0.15) is 0 Å². The number of nitrogens with one attached hydrogen (secondary N) is 1. The summed E-state index contributed by atoms with van der Waals surface area (Å²) < 4.78 is 5.62. The molecule has 0 radical (unpaired) electrons. The summed E-state index contributed by atoms with van der Waals surface area (Å²) in [7, 11) is -0.988. The molecule has 1 atom stereocenters. The maximum Gasteiger partial charge on any atom is 0.117 e. The molecule has 18 heavy (non-hydrogen) atoms. The van der Waals surface area contributed by atoms with E-state index in [0.717, 1.165) is 12.4 Å². The summed E-state index contributed by atoms with van der Waals surface area (Å²) in [4.78, 5) is 4.29. The lowest BCUT2D eigenvalue weighted by atomic mass is 9.97. The molecular weight excluding hydrogens is 240 g/mol. The Kier molecular flexibility index (Phi) is 8.19. The van der Waals surface area contributed by atoms with Crippen LogP contribution in [-0.2, 0) is 4.74 Å². The molecule has 0 saturated carbocycles. The summed E-state index contributed by atoms with van der Waals surface area (Å²) in [6.45, 7) is 18.6. The van der Waals surface area contributed by atoms with E-state index >= 15 is 0 Å². The number of amidine groups is 1. The minimum absolute atomic E-state index is 0.392. The van der Waals surface area contributed by atoms with Gasteiger partial charge in [0.15, 0.2) is 0 Å². The highest BCUT2D eigenvalue weighted by Crippen LogP contribution is 2.11. The second-order valence-electron chi connectivity index (χ2n) is 6.27. The molecule has 0 aromatic heterocycles. The Balaban J connectivity index is 4.00. The first-order valence-corrected chi connectivity index (χ1v) is 10.5. The second kappa shape index (κ2) is 8.48. The molecule has 0 bridgehead atoms. The van der Waals surface area contributed by atoms with Crippen LogP contribution < -0.4 is 5.32 Å². The van der Waals surface area contributed by atoms with E-state index in [2.05, 4.69) is 57.3 Å². The largest absolute Gasteiger partial charge is 0.362 e. The zero-order valence-corrected chi connectivity index (χ0v) is 13.9. The summed E-state index contributed by atoms with van der Waals surface area (Å²) in [5.41, 5.74) is 0. The van der Waals surface area contributed by atoms with Crippen molar-refractivity contribution in [3.05, 3.63) is 12.8 Å². The molecular formula is C14H30N2OSi. The second-order valence-corrected chi connectivity index (χ2v) is 11.9. The van der Waals surface area contributed by atoms with Crippen molar-refractivity contribution in [2.24, 2.45) is 16.8 Å². The number of rotatable bonds is 8. The van der Waals surface area contributed by atoms with Gasteiger partial charge in [-0.05, 0) is 12.0 Å². The molecule has 0 heterocycles. The number of ether oxygens (including phenoxy) is 1. The molecule has 4 heteroatoms. The average molecular weight is 270 g/mol. The third-order valence-corrected chi connectivity index (χ3v) is 4.72. The fourth-order valence-electron chi connectivity index (χ4n) is 1.31. The van der Waals surface area contributed by atoms with Crippen molar-refractivity contribution in [1.29, 1.82) is 0 Å². The Labute approximate surface area is 114 Å². The minimum atomic E-state index is -0.988. The van der Waals surface area contributed by atoms with E-state index in [1.54, 1.807) is 6.20 Å². The van der Waals surface area contributed by atoms with E-state index in [1.807, 2.05) is 0 Å². The molecule has 3 nitrogen and oxygen atoms in total. The Morgan fingerprint density at radius 1 is 1.33 bits per heavy atom. The summed E-state index contributed by atoms with van der Waals surface area (Å²) in [5, 5.41) is 3.26. The van der Waals surface area contributed by atoms with Gasteiger partial charge in [0.25, 0.3) is 0 Å². The topological polar surface area (TPSA) is 33.6 Å². The van der Waals surface area contributed by atoms with E-state index in [4.69, 9.17) is 4.74 Å². The molecule has 0 fully saturated rings. The third-order valence-electron chi connectivity index (χ3n) is 3.01. The predicted molar refractivity (Wildman–Crippen MR) is 83.7 cm³/mol. The van der Waals surface area contributed by atoms with Crippen LogP contribution in [0.3, 0.4) is 0 Å². The normalized spacial score (nSPS) is 14.7. The number of aliphatic imine (C=N–C) groups is 1. The van der Waals surface area contributed by atoms with Crippen LogP contribution in [0.25, 0.3) is 0 Å². The SMILES string of the molecule is C=C/N=C(/NCOCC[Si](C)(C)C)C(C)C(C)C. The monoisotopic (exact) mass is 270 g/mol. The van der Waals surface area contributed by atoms with Crippen molar-refractivity contribution in [3.8, 4) is 0 Å². The average Bonchev–Trinajstić information content (AvgIpc) is 2.24. The van der Waals surface area contributed by atoms with Gasteiger partial charge < -0.3 is 10.1 Å². The molecule has 106 valence electrons. The first kappa shape index (κ1) is 17.4. The van der Waals surface area contributed by atoms with E-state index in [1.165, 1.54) is 6.04 Å². The van der Waals surface area contributed by atoms with E-state index in [0.29, 0.717) is 18.6 Å². The molecule has 0 aromatic rings. The van der Waals surface area contributed by atoms with Crippen LogP contribution in [-0.4, -0.2) is 27.2 Å². The first-order valence-electron chi connectivity index (χ1n) is 6.78. The number of hydrogen-bond acceptors (Lipinski definition) is 2. The summed E-state index contributed by atoms with van der Waals surface area (Å²) in [6, 6.07) is 1.20. The van der Waals surface area contributed by atoms with Crippen LogP contribution in [0.15, 0.2) is 17.8 Å². The van der Waals surface area contributed by atoms with Gasteiger partial charge in [-0.1, -0.05) is 47.0 Å². The van der Waals surface area contributed by atoms with Crippen molar-refractivity contribution < 1.29 is 4.74 Å². The lowest BCUT2D eigenvalue weighted by Gasteiger charge is -2.20. The maximum absolute atomic E-state index is 5.62. The molecule has 0 aromatic carbocycles. The fourth-order valence-corrected chi connectivity index (χ4v) is 2.07. The zero-order valence-electron chi connectivity index (χ0n) is 12.9. The highest BCUT2D eigenvalue weighted by Gasteiger charge is 2.14. The highest BCUT2D eigenvalue weighted by molar-refractivity contribution is 6.76. The van der Waals surface area contributed by atoms with Gasteiger partial charge in [0.05, 0.1) is 0 Å². The van der Waals surface area contributed by atoms with Crippen molar-refractivity contribution in [2.75, 3.05) is 13.3 Å². The molecule has 1 unspecified atom stereocenters. The first-order chi connectivity index (χ1) is 8.28. The van der Waals surface area contributed by atoms with Crippen molar-refractivity contribution in [1.82, 2.24) is 5.32 Å². The Morgan fingerprint density at radius 3 is 2.39 bits per heavy atom. The Morgan fingerprint density at radius 2 is 1.94 bits per heavy atom. The smallest absolute Gasteiger partial charge is 0.117 e. The lowest BCUT2D eigenvalue weighted by Crippen LogP contribution is -2.34. The molecule has 0 aliphatic heterocycles. The summed E-state index contributed by atoms with van der Waals surface area (Å²) in [5.74, 6) is 1.91. The fraction of sp³-hybridized carbons (Fsp3) is 0.786. The number of nitrogens with zero attached hydrogens (tertiary/aromatic N) is 1. The zero-order chi connectivity index (χ0) is 14.2. The standard InChI is InChI=1S/C14H30N2OSi/c1-8-15-14(13(4)12(2)3)16-11-17-9-10-18(5,6)7/h8,12-13H,1,9-11H2,2-7H3,(H,15,16). The van der Waals surface area contributed by atoms with E-state index < -0.39 is 8.07 Å². The van der Waals surface area contributed by atoms with Gasteiger partial charge >= 0.3 is 0 Å². The van der Waals surface area contributed by atoms with Crippen molar-refractivity contribution in [3.63, 3.8) is 0 Å². The summed E-state index contributed by atoms with van der Waals surface area (Å²) >= 11 is 0. The van der Waals surface area contributed by atoms with Gasteiger partial charge in [0.2, 0.25) is 0 Å². The quantitative estimate of drug-likeness (QED) is 0.240. The molecule has 0 aliphatic rings. The van der Waals surface area contributed by atoms with Crippen LogP contribution in [0.4, 0.5) is 0 Å². The van der Waals surface area contributed by atoms with Crippen molar-refractivity contribution in [2.45, 2.75) is 46.5 Å². The number of hydrogen-bond donors (Lipinski definition) is 1. The molecule has 0 spiro atoms. The molecule has 0 aliphatic carbocycles. The molecule has 0 rings (SSSR count). The van der Waals surface area contributed by atoms with Gasteiger partial charge in [-0.25, -0.2) is 4.99 Å². The molecule has 1 N–H and O–H groups in total. The minimum Gasteiger partial charge on any atom is -0.362 e. The van der Waals surface area contributed by atoms with Gasteiger partial charge in [0.1, 0.15) is 12.6 Å². The van der Waals surface area contributed by atoms with Gasteiger partial charge in [-0.15, -0.1) is 0 Å². The molecule has 0 amide bonds. The van der Waals surface area contributed by atoms with Crippen LogP contribution in [0.2, 0.25) is 25.7 Å². The highest BCUT2D eigenvalue weighted by atomic mass is 28.3. The van der Waals surface area contributed by atoms with E-state index in [9.17, 15) is 0 Å². The molecule has 0 saturated heterocycles. The maximum atomic E-state index is 5.62. The van der Waals surface area contributed by atoms with Crippen LogP contribution in [0.1, 0.15) is 20.8 Å². The Bertz CT molecular complexity index is 269. The third kappa shape index (κ3) is 8.47. The lowest BCUT2D eigenvalue weighted by molar-refractivity contribution is 0.140. The van der Waals surface area contributed by atoms with Crippen LogP contribution in [0, 0.1) is 11.8 Å². The van der Waals surface area contributed by atoms with Crippen LogP contribution in [0.5, 0.6) is 0 Å². The predicted octanol–water partition coefficient (Wildman–Crippen LogP) is 3.72.